The quantitative estimate of drug-likeness (QED) is 0.443. The van der Waals surface area contributed by atoms with Crippen LogP contribution in [0.3, 0.4) is 0 Å². The van der Waals surface area contributed by atoms with Gasteiger partial charge in [0.25, 0.3) is 5.56 Å². The molecule has 0 N–H and O–H groups in total. The van der Waals surface area contributed by atoms with Gasteiger partial charge in [0.1, 0.15) is 6.61 Å². The number of benzene rings is 1. The summed E-state index contributed by atoms with van der Waals surface area (Å²) in [4.78, 5) is 28.8. The highest BCUT2D eigenvalue weighted by atomic mass is 32.1. The highest BCUT2D eigenvalue weighted by molar-refractivity contribution is 7.15. The maximum absolute atomic E-state index is 12.0. The molecule has 0 spiro atoms. The third-order valence-electron chi connectivity index (χ3n) is 3.82. The second-order valence-electron chi connectivity index (χ2n) is 5.54. The minimum absolute atomic E-state index is 0.0952. The first-order chi connectivity index (χ1) is 13.5. The summed E-state index contributed by atoms with van der Waals surface area (Å²) in [6.45, 7) is -0.0952. The van der Waals surface area contributed by atoms with Gasteiger partial charge in [-0.25, -0.2) is 9.78 Å². The van der Waals surface area contributed by atoms with Gasteiger partial charge < -0.3 is 18.9 Å². The monoisotopic (exact) mass is 402 g/mol. The molecule has 0 atom stereocenters. The summed E-state index contributed by atoms with van der Waals surface area (Å²) in [5, 5.41) is 1.76. The van der Waals surface area contributed by atoms with Crippen LogP contribution in [0.2, 0.25) is 0 Å². The van der Waals surface area contributed by atoms with Crippen molar-refractivity contribution in [3.63, 3.8) is 0 Å². The SMILES string of the molecule is COc1cc(/C=C/C(=O)OCc2cc(=O)n3ccsc3n2)cc(OC)c1OC. The molecule has 8 nitrogen and oxygen atoms in total. The smallest absolute Gasteiger partial charge is 0.331 e. The molecule has 3 aromatic rings. The molecule has 1 aromatic carbocycles. The van der Waals surface area contributed by atoms with E-state index in [1.807, 2.05) is 0 Å². The minimum atomic E-state index is -0.568. The first-order valence-corrected chi connectivity index (χ1v) is 9.04. The Morgan fingerprint density at radius 1 is 1.14 bits per heavy atom. The summed E-state index contributed by atoms with van der Waals surface area (Å²) in [5.41, 5.74) is 0.843. The van der Waals surface area contributed by atoms with E-state index in [1.165, 1.54) is 49.2 Å². The number of carbonyl (C=O) groups excluding carboxylic acids is 1. The van der Waals surface area contributed by atoms with Crippen molar-refractivity contribution in [2.24, 2.45) is 0 Å². The molecule has 0 unspecified atom stereocenters. The van der Waals surface area contributed by atoms with Crippen LogP contribution < -0.4 is 19.8 Å². The molecule has 2 aromatic heterocycles. The summed E-state index contributed by atoms with van der Waals surface area (Å²) in [6, 6.07) is 4.76. The third kappa shape index (κ3) is 4.15. The Bertz CT molecular complexity index is 1060. The number of hydrogen-bond donors (Lipinski definition) is 0. The fourth-order valence-electron chi connectivity index (χ4n) is 2.52. The molecule has 0 bridgehead atoms. The van der Waals surface area contributed by atoms with Gasteiger partial charge in [-0.05, 0) is 23.8 Å². The lowest BCUT2D eigenvalue weighted by molar-refractivity contribution is -0.139. The average molecular weight is 402 g/mol. The number of thiazole rings is 1. The Balaban J connectivity index is 1.70. The Morgan fingerprint density at radius 3 is 2.50 bits per heavy atom. The van der Waals surface area contributed by atoms with Crippen LogP contribution in [-0.2, 0) is 16.1 Å². The predicted molar refractivity (Wildman–Crippen MR) is 104 cm³/mol. The van der Waals surface area contributed by atoms with Crippen molar-refractivity contribution in [3.8, 4) is 17.2 Å². The zero-order valence-corrected chi connectivity index (χ0v) is 16.3. The lowest BCUT2D eigenvalue weighted by atomic mass is 10.1. The van der Waals surface area contributed by atoms with E-state index in [0.717, 1.165) is 0 Å². The number of fused-ring (bicyclic) bond motifs is 1. The van der Waals surface area contributed by atoms with Crippen molar-refractivity contribution >= 4 is 28.3 Å². The largest absolute Gasteiger partial charge is 0.493 e. The molecule has 3 rings (SSSR count). The number of methoxy groups -OCH3 is 3. The lowest BCUT2D eigenvalue weighted by Gasteiger charge is -2.12. The van der Waals surface area contributed by atoms with Crippen LogP contribution in [0.5, 0.6) is 17.2 Å². The zero-order valence-electron chi connectivity index (χ0n) is 15.5. The van der Waals surface area contributed by atoms with Gasteiger partial charge in [-0.15, -0.1) is 11.3 Å². The molecule has 0 radical (unpaired) electrons. The second-order valence-corrected chi connectivity index (χ2v) is 6.41. The average Bonchev–Trinajstić information content (AvgIpc) is 3.19. The Labute approximate surface area is 164 Å². The van der Waals surface area contributed by atoms with Gasteiger partial charge in [-0.2, -0.15) is 0 Å². The van der Waals surface area contributed by atoms with Crippen molar-refractivity contribution in [2.45, 2.75) is 6.61 Å². The van der Waals surface area contributed by atoms with E-state index in [0.29, 0.717) is 33.5 Å². The molecule has 28 heavy (non-hydrogen) atoms. The normalized spacial score (nSPS) is 11.0. The van der Waals surface area contributed by atoms with E-state index in [4.69, 9.17) is 18.9 Å². The van der Waals surface area contributed by atoms with Gasteiger partial charge >= 0.3 is 5.97 Å². The van der Waals surface area contributed by atoms with Gasteiger partial charge in [0, 0.05) is 23.7 Å². The van der Waals surface area contributed by atoms with Crippen LogP contribution in [0.25, 0.3) is 11.0 Å². The summed E-state index contributed by atoms with van der Waals surface area (Å²) < 4.78 is 22.4. The molecule has 0 aliphatic rings. The number of aromatic nitrogens is 2. The van der Waals surface area contributed by atoms with E-state index in [-0.39, 0.29) is 12.2 Å². The van der Waals surface area contributed by atoms with Gasteiger partial charge in [-0.1, -0.05) is 0 Å². The summed E-state index contributed by atoms with van der Waals surface area (Å²) >= 11 is 1.33. The predicted octanol–water partition coefficient (Wildman–Crippen LogP) is 2.54. The molecular formula is C19H18N2O6S. The van der Waals surface area contributed by atoms with E-state index >= 15 is 0 Å². The first-order valence-electron chi connectivity index (χ1n) is 8.16. The van der Waals surface area contributed by atoms with Gasteiger partial charge in [0.05, 0.1) is 27.0 Å². The Hall–Kier alpha value is -3.33. The van der Waals surface area contributed by atoms with Crippen LogP contribution >= 0.6 is 11.3 Å². The van der Waals surface area contributed by atoms with Gasteiger partial charge in [0.15, 0.2) is 16.5 Å². The molecule has 0 saturated heterocycles. The van der Waals surface area contributed by atoms with Crippen molar-refractivity contribution in [1.82, 2.24) is 9.38 Å². The van der Waals surface area contributed by atoms with E-state index in [9.17, 15) is 9.59 Å². The summed E-state index contributed by atoms with van der Waals surface area (Å²) in [7, 11) is 4.54. The van der Waals surface area contributed by atoms with Crippen LogP contribution in [0, 0.1) is 0 Å². The number of carbonyl (C=O) groups is 1. The van der Waals surface area contributed by atoms with E-state index in [2.05, 4.69) is 4.98 Å². The standard InChI is InChI=1S/C19H18N2O6S/c1-24-14-8-12(9-15(25-2)18(14)26-3)4-5-17(23)27-11-13-10-16(22)21-6-7-28-19(21)20-13/h4-10H,11H2,1-3H3/b5-4+. The molecule has 2 heterocycles. The molecule has 0 aliphatic heterocycles. The summed E-state index contributed by atoms with van der Waals surface area (Å²) in [6.07, 6.45) is 4.49. The highest BCUT2D eigenvalue weighted by Gasteiger charge is 2.12. The first kappa shape index (κ1) is 19.4. The molecule has 9 heteroatoms. The topological polar surface area (TPSA) is 88.4 Å². The fraction of sp³-hybridized carbons (Fsp3) is 0.211. The third-order valence-corrected chi connectivity index (χ3v) is 4.57. The minimum Gasteiger partial charge on any atom is -0.493 e. The molecule has 146 valence electrons. The summed E-state index contributed by atoms with van der Waals surface area (Å²) in [5.74, 6) is 0.848. The van der Waals surface area contributed by atoms with E-state index < -0.39 is 5.97 Å². The number of esters is 1. The maximum Gasteiger partial charge on any atom is 0.331 e. The van der Waals surface area contributed by atoms with Crippen molar-refractivity contribution in [3.05, 3.63) is 57.5 Å². The number of nitrogens with zero attached hydrogens (tertiary/aromatic N) is 2. The molecule has 0 fully saturated rings. The van der Waals surface area contributed by atoms with Gasteiger partial charge in [0.2, 0.25) is 5.75 Å². The number of ether oxygens (including phenoxy) is 4. The molecule has 0 amide bonds. The molecular weight excluding hydrogens is 384 g/mol. The maximum atomic E-state index is 12.0. The van der Waals surface area contributed by atoms with Crippen molar-refractivity contribution in [2.75, 3.05) is 21.3 Å². The number of rotatable bonds is 7. The zero-order chi connectivity index (χ0) is 20.1. The van der Waals surface area contributed by atoms with Crippen LogP contribution in [-0.4, -0.2) is 36.7 Å². The number of hydrogen-bond acceptors (Lipinski definition) is 8. The highest BCUT2D eigenvalue weighted by Crippen LogP contribution is 2.38. The van der Waals surface area contributed by atoms with Crippen LogP contribution in [0.4, 0.5) is 0 Å². The Kier molecular flexibility index (Phi) is 5.95. The Morgan fingerprint density at radius 2 is 1.86 bits per heavy atom. The lowest BCUT2D eigenvalue weighted by Crippen LogP contribution is -2.14. The molecule has 0 saturated carbocycles. The van der Waals surface area contributed by atoms with Gasteiger partial charge in [-0.3, -0.25) is 9.20 Å². The van der Waals surface area contributed by atoms with Crippen molar-refractivity contribution in [1.29, 1.82) is 0 Å². The van der Waals surface area contributed by atoms with Crippen molar-refractivity contribution < 1.29 is 23.7 Å². The second kappa shape index (κ2) is 8.57. The molecule has 0 aliphatic carbocycles. The fourth-order valence-corrected chi connectivity index (χ4v) is 3.26. The van der Waals surface area contributed by atoms with Crippen LogP contribution in [0.1, 0.15) is 11.3 Å². The van der Waals surface area contributed by atoms with E-state index in [1.54, 1.807) is 29.8 Å². The van der Waals surface area contributed by atoms with Crippen LogP contribution in [0.15, 0.2) is 40.6 Å².